The highest BCUT2D eigenvalue weighted by molar-refractivity contribution is 5.87. The molecule has 2 aliphatic heterocycles. The van der Waals surface area contributed by atoms with Gasteiger partial charge >= 0.3 is 5.97 Å². The first kappa shape index (κ1) is 18.6. The Morgan fingerprint density at radius 3 is 2.56 bits per heavy atom. The molecule has 2 heterocycles. The van der Waals surface area contributed by atoms with Crippen molar-refractivity contribution in [1.29, 1.82) is 0 Å². The summed E-state index contributed by atoms with van der Waals surface area (Å²) in [5.41, 5.74) is 0.197. The molecule has 0 aromatic rings. The first-order valence-corrected chi connectivity index (χ1v) is 8.40. The minimum atomic E-state index is -1.54. The molecule has 0 spiro atoms. The highest BCUT2D eigenvalue weighted by Gasteiger charge is 2.50. The van der Waals surface area contributed by atoms with Gasteiger partial charge in [0.2, 0.25) is 6.29 Å². The van der Waals surface area contributed by atoms with Crippen molar-refractivity contribution in [3.63, 3.8) is 0 Å². The number of aliphatic carboxylic acids is 1. The molecule has 2 fully saturated rings. The van der Waals surface area contributed by atoms with Crippen molar-refractivity contribution >= 4 is 5.97 Å². The minimum absolute atomic E-state index is 0.142. The van der Waals surface area contributed by atoms with E-state index in [1.54, 1.807) is 0 Å². The zero-order valence-electron chi connectivity index (χ0n) is 13.8. The van der Waals surface area contributed by atoms with Gasteiger partial charge in [-0.15, -0.1) is 0 Å². The number of aliphatic hydroxyl groups is 4. The first-order chi connectivity index (χ1) is 11.8. The summed E-state index contributed by atoms with van der Waals surface area (Å²) in [5, 5.41) is 48.3. The number of fused-ring (bicyclic) bond motifs is 1. The van der Waals surface area contributed by atoms with Crippen LogP contribution in [0.3, 0.4) is 0 Å². The van der Waals surface area contributed by atoms with E-state index in [-0.39, 0.29) is 23.3 Å². The van der Waals surface area contributed by atoms with Crippen LogP contribution >= 0.6 is 0 Å². The van der Waals surface area contributed by atoms with E-state index in [4.69, 9.17) is 14.2 Å². The average Bonchev–Trinajstić information content (AvgIpc) is 2.97. The van der Waals surface area contributed by atoms with Crippen molar-refractivity contribution in [2.75, 3.05) is 6.61 Å². The maximum absolute atomic E-state index is 11.4. The highest BCUT2D eigenvalue weighted by Crippen LogP contribution is 2.47. The number of aliphatic hydroxyl groups excluding tert-OH is 4. The highest BCUT2D eigenvalue weighted by atomic mass is 16.8. The molecular formula is C16H24O9. The first-order valence-electron chi connectivity index (χ1n) is 8.40. The van der Waals surface area contributed by atoms with Crippen molar-refractivity contribution in [3.8, 4) is 0 Å². The summed E-state index contributed by atoms with van der Waals surface area (Å²) in [7, 11) is 0. The SMILES string of the molecule is C[C@@H]1CC[C@H]2C(C(=O)O)=CO[C@H](O[C@H]3O[C@@H](CO)[C@H](O)[C@@H](O)[C@@H]3O)[C@@H]12. The van der Waals surface area contributed by atoms with Crippen molar-refractivity contribution in [2.24, 2.45) is 17.8 Å². The van der Waals surface area contributed by atoms with Crippen molar-refractivity contribution < 1.29 is 44.5 Å². The fourth-order valence-electron chi connectivity index (χ4n) is 4.01. The predicted molar refractivity (Wildman–Crippen MR) is 80.8 cm³/mol. The summed E-state index contributed by atoms with van der Waals surface area (Å²) in [5.74, 6) is -1.35. The lowest BCUT2D eigenvalue weighted by Gasteiger charge is -2.43. The van der Waals surface area contributed by atoms with Crippen molar-refractivity contribution in [1.82, 2.24) is 0 Å². The Hall–Kier alpha value is -1.23. The molecule has 142 valence electrons. The molecule has 5 N–H and O–H groups in total. The lowest BCUT2D eigenvalue weighted by Crippen LogP contribution is -2.60. The molecule has 0 aromatic heterocycles. The molecule has 3 aliphatic rings. The van der Waals surface area contributed by atoms with Crippen LogP contribution in [0.15, 0.2) is 11.8 Å². The van der Waals surface area contributed by atoms with E-state index in [1.165, 1.54) is 0 Å². The van der Waals surface area contributed by atoms with Crippen LogP contribution in [0.25, 0.3) is 0 Å². The summed E-state index contributed by atoms with van der Waals surface area (Å²) in [6.45, 7) is 1.42. The van der Waals surface area contributed by atoms with Gasteiger partial charge in [0.15, 0.2) is 6.29 Å². The lowest BCUT2D eigenvalue weighted by molar-refractivity contribution is -0.342. The van der Waals surface area contributed by atoms with E-state index in [2.05, 4.69) is 0 Å². The summed E-state index contributed by atoms with van der Waals surface area (Å²) >= 11 is 0. The molecule has 1 saturated carbocycles. The monoisotopic (exact) mass is 360 g/mol. The van der Waals surface area contributed by atoms with E-state index >= 15 is 0 Å². The summed E-state index contributed by atoms with van der Waals surface area (Å²) in [6.07, 6.45) is -5.10. The Balaban J connectivity index is 1.77. The molecule has 1 aliphatic carbocycles. The van der Waals surface area contributed by atoms with Crippen LogP contribution < -0.4 is 0 Å². The van der Waals surface area contributed by atoms with Crippen LogP contribution in [0.5, 0.6) is 0 Å². The average molecular weight is 360 g/mol. The predicted octanol–water partition coefficient (Wildman–Crippen LogP) is -1.21. The Labute approximate surface area is 144 Å². The molecule has 0 radical (unpaired) electrons. The third-order valence-corrected chi connectivity index (χ3v) is 5.46. The molecule has 9 heteroatoms. The Bertz CT molecular complexity index is 534. The quantitative estimate of drug-likeness (QED) is 0.417. The topological polar surface area (TPSA) is 146 Å². The standard InChI is InChI=1S/C16H24O9/c1-6-2-3-7-8(14(21)22)5-23-15(10(6)7)25-16-13(20)12(19)11(18)9(4-17)24-16/h5-7,9-13,15-20H,2-4H2,1H3,(H,21,22)/t6-,7+,9+,10+,11+,12-,13+,15-,16-/m1/s1. The van der Waals surface area contributed by atoms with E-state index in [1.807, 2.05) is 6.92 Å². The number of ether oxygens (including phenoxy) is 3. The number of hydrogen-bond acceptors (Lipinski definition) is 8. The lowest BCUT2D eigenvalue weighted by atomic mass is 9.83. The van der Waals surface area contributed by atoms with E-state index < -0.39 is 49.6 Å². The van der Waals surface area contributed by atoms with Gasteiger partial charge in [-0.05, 0) is 18.8 Å². The van der Waals surface area contributed by atoms with Gasteiger partial charge in [-0.3, -0.25) is 0 Å². The third kappa shape index (κ3) is 3.27. The van der Waals surface area contributed by atoms with Crippen LogP contribution in [-0.2, 0) is 19.0 Å². The normalized spacial score (nSPS) is 46.9. The molecule has 25 heavy (non-hydrogen) atoms. The second-order valence-corrected chi connectivity index (χ2v) is 6.95. The maximum Gasteiger partial charge on any atom is 0.334 e. The maximum atomic E-state index is 11.4. The van der Waals surface area contributed by atoms with Crippen LogP contribution in [-0.4, -0.2) is 75.1 Å². The van der Waals surface area contributed by atoms with Crippen LogP contribution in [0, 0.1) is 17.8 Å². The van der Waals surface area contributed by atoms with Crippen molar-refractivity contribution in [2.45, 2.75) is 56.8 Å². The minimum Gasteiger partial charge on any atom is -0.478 e. The summed E-state index contributed by atoms with van der Waals surface area (Å²) < 4.78 is 16.5. The van der Waals surface area contributed by atoms with Gasteiger partial charge in [-0.25, -0.2) is 4.79 Å². The Morgan fingerprint density at radius 1 is 1.20 bits per heavy atom. The van der Waals surface area contributed by atoms with Gasteiger partial charge in [0.1, 0.15) is 24.4 Å². The number of rotatable bonds is 4. The zero-order valence-corrected chi connectivity index (χ0v) is 13.8. The molecule has 0 unspecified atom stereocenters. The molecule has 3 rings (SSSR count). The molecule has 9 atom stereocenters. The van der Waals surface area contributed by atoms with Crippen LogP contribution in [0.1, 0.15) is 19.8 Å². The van der Waals surface area contributed by atoms with Gasteiger partial charge in [0.05, 0.1) is 18.4 Å². The van der Waals surface area contributed by atoms with Gasteiger partial charge in [-0.2, -0.15) is 0 Å². The van der Waals surface area contributed by atoms with Crippen molar-refractivity contribution in [3.05, 3.63) is 11.8 Å². The number of carboxylic acid groups (broad SMARTS) is 1. The molecule has 0 aromatic carbocycles. The third-order valence-electron chi connectivity index (χ3n) is 5.46. The number of carbonyl (C=O) groups is 1. The molecule has 0 amide bonds. The smallest absolute Gasteiger partial charge is 0.334 e. The van der Waals surface area contributed by atoms with E-state index in [0.717, 1.165) is 12.7 Å². The molecule has 1 saturated heterocycles. The fourth-order valence-corrected chi connectivity index (χ4v) is 4.01. The van der Waals surface area contributed by atoms with Gasteiger partial charge < -0.3 is 39.7 Å². The van der Waals surface area contributed by atoms with Crippen LogP contribution in [0.4, 0.5) is 0 Å². The van der Waals surface area contributed by atoms with Gasteiger partial charge in [0, 0.05) is 11.8 Å². The molecule has 9 nitrogen and oxygen atoms in total. The fraction of sp³-hybridized carbons (Fsp3) is 0.812. The largest absolute Gasteiger partial charge is 0.478 e. The van der Waals surface area contributed by atoms with Gasteiger partial charge in [0.25, 0.3) is 0 Å². The Kier molecular flexibility index (Phi) is 5.33. The summed E-state index contributed by atoms with van der Waals surface area (Å²) in [4.78, 5) is 11.4. The number of carboxylic acids is 1. The zero-order chi connectivity index (χ0) is 18.3. The van der Waals surface area contributed by atoms with Gasteiger partial charge in [-0.1, -0.05) is 6.92 Å². The van der Waals surface area contributed by atoms with Crippen LogP contribution in [0.2, 0.25) is 0 Å². The summed E-state index contributed by atoms with van der Waals surface area (Å²) in [6, 6.07) is 0. The van der Waals surface area contributed by atoms with E-state index in [0.29, 0.717) is 6.42 Å². The molecule has 0 bridgehead atoms. The second kappa shape index (κ2) is 7.18. The second-order valence-electron chi connectivity index (χ2n) is 6.95. The molecular weight excluding hydrogens is 336 g/mol. The number of hydrogen-bond donors (Lipinski definition) is 5. The Morgan fingerprint density at radius 2 is 1.92 bits per heavy atom. The van der Waals surface area contributed by atoms with E-state index in [9.17, 15) is 30.3 Å².